The van der Waals surface area contributed by atoms with E-state index in [-0.39, 0.29) is 5.91 Å². The number of fused-ring (bicyclic) bond motifs is 1. The molecule has 4 nitrogen and oxygen atoms in total. The molecule has 0 saturated heterocycles. The van der Waals surface area contributed by atoms with E-state index in [4.69, 9.17) is 4.98 Å². The fourth-order valence-corrected chi connectivity index (χ4v) is 3.34. The molecule has 0 aliphatic heterocycles. The fraction of sp³-hybridized carbons (Fsp3) is 0.263. The number of rotatable bonds is 5. The molecule has 3 rings (SSSR count). The van der Waals surface area contributed by atoms with Gasteiger partial charge in [-0.25, -0.2) is 4.98 Å². The topological polar surface area (TPSA) is 46.9 Å². The monoisotopic (exact) mass is 385 g/mol. The van der Waals surface area contributed by atoms with Crippen molar-refractivity contribution in [2.75, 3.05) is 6.54 Å². The van der Waals surface area contributed by atoms with Crippen LogP contribution in [0.5, 0.6) is 0 Å². The second kappa shape index (κ2) is 7.18. The van der Waals surface area contributed by atoms with Gasteiger partial charge >= 0.3 is 0 Å². The number of amides is 1. The predicted octanol–water partition coefficient (Wildman–Crippen LogP) is 4.35. The Bertz CT molecular complexity index is 870. The zero-order valence-corrected chi connectivity index (χ0v) is 15.4. The maximum Gasteiger partial charge on any atom is 0.252 e. The Morgan fingerprint density at radius 1 is 1.17 bits per heavy atom. The maximum atomic E-state index is 12.3. The number of halogens is 1. The molecule has 0 atom stereocenters. The lowest BCUT2D eigenvalue weighted by atomic mass is 10.2. The first-order valence-corrected chi connectivity index (χ1v) is 8.86. The summed E-state index contributed by atoms with van der Waals surface area (Å²) < 4.78 is 3.04. The molecule has 1 heterocycles. The Hall–Kier alpha value is -2.14. The van der Waals surface area contributed by atoms with Gasteiger partial charge in [0.05, 0.1) is 16.6 Å². The number of aromatic nitrogens is 2. The van der Waals surface area contributed by atoms with Crippen molar-refractivity contribution in [2.45, 2.75) is 26.3 Å². The summed E-state index contributed by atoms with van der Waals surface area (Å²) in [6.45, 7) is 4.85. The third-order valence-corrected chi connectivity index (χ3v) is 4.63. The summed E-state index contributed by atoms with van der Waals surface area (Å²) in [5.41, 5.74) is 2.79. The molecule has 0 saturated carbocycles. The van der Waals surface area contributed by atoms with Crippen molar-refractivity contribution in [2.24, 2.45) is 0 Å². The normalized spacial score (nSPS) is 11.2. The Kier molecular flexibility index (Phi) is 5.00. The number of hydrogen-bond acceptors (Lipinski definition) is 2. The number of hydrogen-bond donors (Lipinski definition) is 1. The third-order valence-electron chi connectivity index (χ3n) is 3.94. The molecular weight excluding hydrogens is 366 g/mol. The van der Waals surface area contributed by atoms with Crippen molar-refractivity contribution >= 4 is 32.9 Å². The van der Waals surface area contributed by atoms with Crippen LogP contribution in [0.4, 0.5) is 0 Å². The SMILES string of the molecule is CC(C)n1c(CCNC(=O)c2ccccc2Br)nc2ccccc21. The van der Waals surface area contributed by atoms with Crippen molar-refractivity contribution in [1.29, 1.82) is 0 Å². The summed E-state index contributed by atoms with van der Waals surface area (Å²) in [5, 5.41) is 2.98. The minimum absolute atomic E-state index is 0.0744. The van der Waals surface area contributed by atoms with Gasteiger partial charge < -0.3 is 9.88 Å². The van der Waals surface area contributed by atoms with Gasteiger partial charge in [0.15, 0.2) is 0 Å². The molecule has 1 aromatic heterocycles. The lowest BCUT2D eigenvalue weighted by Gasteiger charge is -2.13. The van der Waals surface area contributed by atoms with E-state index in [0.29, 0.717) is 24.6 Å². The number of carbonyl (C=O) groups excluding carboxylic acids is 1. The zero-order chi connectivity index (χ0) is 17.1. The van der Waals surface area contributed by atoms with E-state index < -0.39 is 0 Å². The molecule has 2 aromatic carbocycles. The van der Waals surface area contributed by atoms with E-state index in [1.807, 2.05) is 42.5 Å². The standard InChI is InChI=1S/C19H20BrN3O/c1-13(2)23-17-10-6-5-9-16(17)22-18(23)11-12-21-19(24)14-7-3-4-8-15(14)20/h3-10,13H,11-12H2,1-2H3,(H,21,24). The van der Waals surface area contributed by atoms with E-state index in [9.17, 15) is 4.79 Å². The second-order valence-electron chi connectivity index (χ2n) is 5.97. The van der Waals surface area contributed by atoms with Gasteiger partial charge in [-0.3, -0.25) is 4.79 Å². The van der Waals surface area contributed by atoms with Crippen LogP contribution in [0.15, 0.2) is 53.0 Å². The fourth-order valence-electron chi connectivity index (χ4n) is 2.88. The van der Waals surface area contributed by atoms with Crippen molar-refractivity contribution in [3.05, 3.63) is 64.4 Å². The highest BCUT2D eigenvalue weighted by atomic mass is 79.9. The number of benzene rings is 2. The molecule has 1 N–H and O–H groups in total. The van der Waals surface area contributed by atoms with E-state index in [2.05, 4.69) is 45.7 Å². The Morgan fingerprint density at radius 3 is 2.62 bits per heavy atom. The number of carbonyl (C=O) groups is 1. The highest BCUT2D eigenvalue weighted by Gasteiger charge is 2.14. The summed E-state index contributed by atoms with van der Waals surface area (Å²) >= 11 is 3.41. The second-order valence-corrected chi connectivity index (χ2v) is 6.82. The van der Waals surface area contributed by atoms with Gasteiger partial charge in [0.2, 0.25) is 0 Å². The van der Waals surface area contributed by atoms with Gasteiger partial charge in [-0.2, -0.15) is 0 Å². The third kappa shape index (κ3) is 3.36. The minimum Gasteiger partial charge on any atom is -0.352 e. The first-order chi connectivity index (χ1) is 11.6. The van der Waals surface area contributed by atoms with Crippen LogP contribution < -0.4 is 5.32 Å². The zero-order valence-electron chi connectivity index (χ0n) is 13.8. The van der Waals surface area contributed by atoms with E-state index in [0.717, 1.165) is 21.3 Å². The minimum atomic E-state index is -0.0744. The molecule has 5 heteroatoms. The van der Waals surface area contributed by atoms with Crippen LogP contribution in [0.3, 0.4) is 0 Å². The Morgan fingerprint density at radius 2 is 1.88 bits per heavy atom. The molecule has 3 aromatic rings. The van der Waals surface area contributed by atoms with Crippen molar-refractivity contribution < 1.29 is 4.79 Å². The molecule has 0 radical (unpaired) electrons. The van der Waals surface area contributed by atoms with Crippen LogP contribution in [0.25, 0.3) is 11.0 Å². The van der Waals surface area contributed by atoms with Gasteiger partial charge in [-0.05, 0) is 54.0 Å². The van der Waals surface area contributed by atoms with E-state index in [1.165, 1.54) is 0 Å². The van der Waals surface area contributed by atoms with Gasteiger partial charge in [0.25, 0.3) is 5.91 Å². The predicted molar refractivity (Wildman–Crippen MR) is 100 cm³/mol. The summed E-state index contributed by atoms with van der Waals surface area (Å²) in [6.07, 6.45) is 0.697. The van der Waals surface area contributed by atoms with E-state index in [1.54, 1.807) is 0 Å². The van der Waals surface area contributed by atoms with Gasteiger partial charge in [0.1, 0.15) is 5.82 Å². The molecule has 0 aliphatic carbocycles. The van der Waals surface area contributed by atoms with Crippen LogP contribution in [0.1, 0.15) is 36.1 Å². The molecule has 0 aliphatic rings. The van der Waals surface area contributed by atoms with Crippen molar-refractivity contribution in [3.63, 3.8) is 0 Å². The lowest BCUT2D eigenvalue weighted by Crippen LogP contribution is -2.27. The van der Waals surface area contributed by atoms with Crippen LogP contribution in [0, 0.1) is 0 Å². The molecular formula is C19H20BrN3O. The average Bonchev–Trinajstić information content (AvgIpc) is 2.93. The number of nitrogens with one attached hydrogen (secondary N) is 1. The van der Waals surface area contributed by atoms with E-state index >= 15 is 0 Å². The van der Waals surface area contributed by atoms with Gasteiger partial charge in [-0.1, -0.05) is 24.3 Å². The highest BCUT2D eigenvalue weighted by molar-refractivity contribution is 9.10. The van der Waals surface area contributed by atoms with Crippen LogP contribution >= 0.6 is 15.9 Å². The molecule has 1 amide bonds. The Balaban J connectivity index is 1.73. The molecule has 0 spiro atoms. The van der Waals surface area contributed by atoms with Crippen LogP contribution in [-0.4, -0.2) is 22.0 Å². The molecule has 0 bridgehead atoms. The molecule has 24 heavy (non-hydrogen) atoms. The number of imidazole rings is 1. The molecule has 0 unspecified atom stereocenters. The largest absolute Gasteiger partial charge is 0.352 e. The smallest absolute Gasteiger partial charge is 0.252 e. The van der Waals surface area contributed by atoms with Crippen molar-refractivity contribution in [3.8, 4) is 0 Å². The van der Waals surface area contributed by atoms with Gasteiger partial charge in [-0.15, -0.1) is 0 Å². The quantitative estimate of drug-likeness (QED) is 0.709. The Labute approximate surface area is 150 Å². The van der Waals surface area contributed by atoms with Crippen LogP contribution in [0.2, 0.25) is 0 Å². The highest BCUT2D eigenvalue weighted by Crippen LogP contribution is 2.21. The number of nitrogens with zero attached hydrogens (tertiary/aromatic N) is 2. The maximum absolute atomic E-state index is 12.3. The summed E-state index contributed by atoms with van der Waals surface area (Å²) in [5.74, 6) is 0.924. The van der Waals surface area contributed by atoms with Gasteiger partial charge in [0, 0.05) is 23.5 Å². The molecule has 124 valence electrons. The average molecular weight is 386 g/mol. The summed E-state index contributed by atoms with van der Waals surface area (Å²) in [6, 6.07) is 15.9. The van der Waals surface area contributed by atoms with Crippen molar-refractivity contribution in [1.82, 2.24) is 14.9 Å². The number of para-hydroxylation sites is 2. The first kappa shape index (κ1) is 16.7. The first-order valence-electron chi connectivity index (χ1n) is 8.06. The summed E-state index contributed by atoms with van der Waals surface area (Å²) in [4.78, 5) is 17.0. The van der Waals surface area contributed by atoms with Crippen LogP contribution in [-0.2, 0) is 6.42 Å². The molecule has 0 fully saturated rings. The summed E-state index contributed by atoms with van der Waals surface area (Å²) in [7, 11) is 0. The lowest BCUT2D eigenvalue weighted by molar-refractivity contribution is 0.0953.